The number of hydrogen-bond donors (Lipinski definition) is 0. The zero-order valence-corrected chi connectivity index (χ0v) is 7.21. The lowest BCUT2D eigenvalue weighted by Crippen LogP contribution is -2.57. The Morgan fingerprint density at radius 2 is 1.19 bits per heavy atom. The zero-order chi connectivity index (χ0) is 13.4. The van der Waals surface area contributed by atoms with Gasteiger partial charge in [0.15, 0.2) is 0 Å². The minimum Gasteiger partial charge on any atom is -0.222 e. The van der Waals surface area contributed by atoms with Crippen LogP contribution < -0.4 is 0 Å². The molecular weight excluding hydrogens is 257 g/mol. The molecule has 10 heteroatoms. The molecule has 0 spiro atoms. The van der Waals surface area contributed by atoms with Crippen molar-refractivity contribution in [1.82, 2.24) is 4.90 Å². The lowest BCUT2D eigenvalue weighted by Gasteiger charge is -2.32. The molecule has 0 aromatic carbocycles. The summed E-state index contributed by atoms with van der Waals surface area (Å²) in [4.78, 5) is -2.83. The molecule has 0 aromatic heterocycles. The number of hydrogen-bond acceptors (Lipinski definition) is 1. The van der Waals surface area contributed by atoms with Crippen molar-refractivity contribution < 1.29 is 39.5 Å². The minimum absolute atomic E-state index is 0.637. The van der Waals surface area contributed by atoms with Crippen LogP contribution in [0.4, 0.5) is 39.5 Å². The number of halogens is 9. The fourth-order valence-electron chi connectivity index (χ4n) is 0.670. The van der Waals surface area contributed by atoms with E-state index in [2.05, 4.69) is 6.58 Å². The summed E-state index contributed by atoms with van der Waals surface area (Å²) in [6.07, 6.45) is -17.9. The molecule has 0 aliphatic carbocycles. The van der Waals surface area contributed by atoms with Gasteiger partial charge in [-0.1, -0.05) is 11.5 Å². The van der Waals surface area contributed by atoms with E-state index in [1.165, 1.54) is 0 Å². The maximum Gasteiger partial charge on any atom is 0.469 e. The molecular formula is C6H4F9N. The van der Waals surface area contributed by atoms with Gasteiger partial charge in [-0.05, 0) is 6.08 Å². The fourth-order valence-corrected chi connectivity index (χ4v) is 0.670. The van der Waals surface area contributed by atoms with Crippen LogP contribution in [0.3, 0.4) is 0 Å². The van der Waals surface area contributed by atoms with E-state index >= 15 is 0 Å². The maximum absolute atomic E-state index is 12.5. The van der Waals surface area contributed by atoms with Gasteiger partial charge in [0, 0.05) is 0 Å². The molecule has 96 valence electrons. The van der Waals surface area contributed by atoms with Crippen LogP contribution in [-0.4, -0.2) is 29.7 Å². The third-order valence-corrected chi connectivity index (χ3v) is 1.36. The maximum atomic E-state index is 12.5. The largest absolute Gasteiger partial charge is 0.469 e. The van der Waals surface area contributed by atoms with Crippen molar-refractivity contribution in [3.8, 4) is 0 Å². The first-order chi connectivity index (χ1) is 6.84. The zero-order valence-electron chi connectivity index (χ0n) is 7.21. The molecule has 0 amide bonds. The Hall–Kier alpha value is -0.930. The van der Waals surface area contributed by atoms with Crippen molar-refractivity contribution in [1.29, 1.82) is 0 Å². The second-order valence-electron chi connectivity index (χ2n) is 2.52. The van der Waals surface area contributed by atoms with E-state index in [1.807, 2.05) is 0 Å². The molecule has 1 unspecified atom stereocenters. The molecule has 0 bridgehead atoms. The van der Waals surface area contributed by atoms with Crippen LogP contribution in [0.15, 0.2) is 12.7 Å². The number of nitrogens with zero attached hydrogens (tertiary/aromatic N) is 1. The van der Waals surface area contributed by atoms with Gasteiger partial charge in [-0.2, -0.15) is 35.1 Å². The Kier molecular flexibility index (Phi) is 3.91. The van der Waals surface area contributed by atoms with Crippen molar-refractivity contribution in [2.24, 2.45) is 0 Å². The van der Waals surface area contributed by atoms with Crippen molar-refractivity contribution in [2.45, 2.75) is 24.8 Å². The lowest BCUT2D eigenvalue weighted by molar-refractivity contribution is -0.410. The minimum atomic E-state index is -6.32. The standard InChI is InChI=1S/C6H4F9N/c1-2-4(8,9)3(7)16(5(10,11)12)6(13,14)15/h2-3H,1H2. The topological polar surface area (TPSA) is 3.24 Å². The van der Waals surface area contributed by atoms with Crippen LogP contribution in [0.2, 0.25) is 0 Å². The van der Waals surface area contributed by atoms with Gasteiger partial charge in [0.25, 0.3) is 0 Å². The molecule has 0 aliphatic heterocycles. The summed E-state index contributed by atoms with van der Waals surface area (Å²) in [5.74, 6) is -4.98. The summed E-state index contributed by atoms with van der Waals surface area (Å²) < 4.78 is 108. The van der Waals surface area contributed by atoms with Gasteiger partial charge in [-0.25, -0.2) is 4.39 Å². The summed E-state index contributed by atoms with van der Waals surface area (Å²) in [6, 6.07) is 0. The first-order valence-corrected chi connectivity index (χ1v) is 3.42. The molecule has 0 radical (unpaired) electrons. The van der Waals surface area contributed by atoms with Crippen LogP contribution in [0.25, 0.3) is 0 Å². The molecule has 0 fully saturated rings. The lowest BCUT2D eigenvalue weighted by atomic mass is 10.3. The second-order valence-corrected chi connectivity index (χ2v) is 2.52. The summed E-state index contributed by atoms with van der Waals surface area (Å²) in [7, 11) is 0. The van der Waals surface area contributed by atoms with Crippen LogP contribution in [-0.2, 0) is 0 Å². The Balaban J connectivity index is 5.32. The summed E-state index contributed by atoms with van der Waals surface area (Å²) >= 11 is 0. The quantitative estimate of drug-likeness (QED) is 0.427. The van der Waals surface area contributed by atoms with E-state index in [4.69, 9.17) is 0 Å². The molecule has 1 nitrogen and oxygen atoms in total. The monoisotopic (exact) mass is 261 g/mol. The average Bonchev–Trinajstić information content (AvgIpc) is 1.98. The molecule has 0 saturated heterocycles. The van der Waals surface area contributed by atoms with Crippen molar-refractivity contribution in [3.05, 3.63) is 12.7 Å². The highest BCUT2D eigenvalue weighted by Crippen LogP contribution is 2.40. The first-order valence-electron chi connectivity index (χ1n) is 3.42. The van der Waals surface area contributed by atoms with Crippen LogP contribution in [0.5, 0.6) is 0 Å². The molecule has 0 heterocycles. The van der Waals surface area contributed by atoms with E-state index in [-0.39, 0.29) is 0 Å². The Morgan fingerprint density at radius 1 is 0.875 bits per heavy atom. The highest BCUT2D eigenvalue weighted by atomic mass is 19.4. The van der Waals surface area contributed by atoms with E-state index in [0.29, 0.717) is 0 Å². The van der Waals surface area contributed by atoms with Gasteiger partial charge in [0.2, 0.25) is 6.30 Å². The summed E-state index contributed by atoms with van der Waals surface area (Å²) in [6.45, 7) is 2.25. The third-order valence-electron chi connectivity index (χ3n) is 1.36. The van der Waals surface area contributed by atoms with Gasteiger partial charge < -0.3 is 0 Å². The highest BCUT2D eigenvalue weighted by molar-refractivity contribution is 4.94. The third kappa shape index (κ3) is 3.29. The molecule has 0 saturated carbocycles. The van der Waals surface area contributed by atoms with Gasteiger partial charge in [0.05, 0.1) is 0 Å². The van der Waals surface area contributed by atoms with Gasteiger partial charge in [-0.15, -0.1) is 0 Å². The predicted octanol–water partition coefficient (Wildman–Crippen LogP) is 3.44. The van der Waals surface area contributed by atoms with Crippen LogP contribution in [0.1, 0.15) is 0 Å². The van der Waals surface area contributed by atoms with Crippen LogP contribution >= 0.6 is 0 Å². The number of alkyl halides is 9. The molecule has 0 N–H and O–H groups in total. The molecule has 0 aliphatic rings. The Morgan fingerprint density at radius 3 is 1.38 bits per heavy atom. The molecule has 1 atom stereocenters. The predicted molar refractivity (Wildman–Crippen MR) is 34.0 cm³/mol. The van der Waals surface area contributed by atoms with E-state index in [0.717, 1.165) is 0 Å². The first kappa shape index (κ1) is 15.1. The van der Waals surface area contributed by atoms with Crippen LogP contribution in [0, 0.1) is 0 Å². The van der Waals surface area contributed by atoms with Gasteiger partial charge >= 0.3 is 18.5 Å². The fraction of sp³-hybridized carbons (Fsp3) is 0.667. The highest BCUT2D eigenvalue weighted by Gasteiger charge is 2.63. The Bertz CT molecular complexity index is 238. The van der Waals surface area contributed by atoms with Gasteiger partial charge in [-0.3, -0.25) is 0 Å². The summed E-state index contributed by atoms with van der Waals surface area (Å²) in [5.41, 5.74) is 0. The van der Waals surface area contributed by atoms with E-state index < -0.39 is 35.8 Å². The normalized spacial score (nSPS) is 16.4. The number of rotatable bonds is 3. The average molecular weight is 261 g/mol. The summed E-state index contributed by atoms with van der Waals surface area (Å²) in [5, 5.41) is 0. The van der Waals surface area contributed by atoms with E-state index in [1.54, 1.807) is 0 Å². The second kappa shape index (κ2) is 4.15. The van der Waals surface area contributed by atoms with Crippen molar-refractivity contribution >= 4 is 0 Å². The SMILES string of the molecule is C=CC(F)(F)C(F)N(C(F)(F)F)C(F)(F)F. The smallest absolute Gasteiger partial charge is 0.222 e. The Labute approximate surface area is 83.1 Å². The van der Waals surface area contributed by atoms with Crippen molar-refractivity contribution in [2.75, 3.05) is 0 Å². The van der Waals surface area contributed by atoms with E-state index in [9.17, 15) is 39.5 Å². The van der Waals surface area contributed by atoms with Crippen molar-refractivity contribution in [3.63, 3.8) is 0 Å². The molecule has 0 rings (SSSR count). The van der Waals surface area contributed by atoms with Gasteiger partial charge in [0.1, 0.15) is 0 Å². The molecule has 0 aromatic rings. The molecule has 16 heavy (non-hydrogen) atoms.